The highest BCUT2D eigenvalue weighted by Gasteiger charge is 2.14. The minimum Gasteiger partial charge on any atom is -0.379 e. The molecule has 0 aliphatic carbocycles. The second-order valence-electron chi connectivity index (χ2n) is 3.74. The summed E-state index contributed by atoms with van der Waals surface area (Å²) in [5.41, 5.74) is 0. The molecule has 15 heavy (non-hydrogen) atoms. The van der Waals surface area contributed by atoms with Gasteiger partial charge in [-0.2, -0.15) is 4.98 Å². The Kier molecular flexibility index (Phi) is 3.69. The normalized spacial score (nSPS) is 18.2. The van der Waals surface area contributed by atoms with Crippen LogP contribution in [0.5, 0.6) is 0 Å². The predicted octanol–water partition coefficient (Wildman–Crippen LogP) is 0.854. The summed E-state index contributed by atoms with van der Waals surface area (Å²) in [5, 5.41) is 3.93. The van der Waals surface area contributed by atoms with E-state index >= 15 is 0 Å². The molecule has 0 bridgehead atoms. The third-order valence-electron chi connectivity index (χ3n) is 2.45. The lowest BCUT2D eigenvalue weighted by atomic mass is 10.3. The van der Waals surface area contributed by atoms with Crippen molar-refractivity contribution in [1.29, 1.82) is 0 Å². The standard InChI is InChI=1S/C10H17N3O2/c1-2-3-9-11-10(15-12-9)8-13-4-6-14-7-5-13/h2-8H2,1H3. The van der Waals surface area contributed by atoms with Gasteiger partial charge in [-0.1, -0.05) is 12.1 Å². The van der Waals surface area contributed by atoms with Gasteiger partial charge in [-0.05, 0) is 6.42 Å². The number of hydrogen-bond donors (Lipinski definition) is 0. The largest absolute Gasteiger partial charge is 0.379 e. The minimum atomic E-state index is 0.723. The number of ether oxygens (including phenoxy) is 1. The molecule has 1 aromatic heterocycles. The van der Waals surface area contributed by atoms with E-state index in [1.54, 1.807) is 0 Å². The molecule has 2 heterocycles. The summed E-state index contributed by atoms with van der Waals surface area (Å²) in [7, 11) is 0. The molecule has 0 N–H and O–H groups in total. The van der Waals surface area contributed by atoms with E-state index < -0.39 is 0 Å². The highest BCUT2D eigenvalue weighted by molar-refractivity contribution is 4.86. The van der Waals surface area contributed by atoms with Gasteiger partial charge < -0.3 is 9.26 Å². The van der Waals surface area contributed by atoms with Crippen LogP contribution in [-0.4, -0.2) is 41.3 Å². The Labute approximate surface area is 89.4 Å². The van der Waals surface area contributed by atoms with Crippen LogP contribution in [0.25, 0.3) is 0 Å². The molecule has 0 radical (unpaired) electrons. The zero-order valence-electron chi connectivity index (χ0n) is 9.11. The van der Waals surface area contributed by atoms with Gasteiger partial charge in [-0.3, -0.25) is 4.90 Å². The zero-order valence-corrected chi connectivity index (χ0v) is 9.11. The molecule has 5 nitrogen and oxygen atoms in total. The van der Waals surface area contributed by atoms with E-state index in [0.29, 0.717) is 0 Å². The Bertz CT molecular complexity index is 295. The third kappa shape index (κ3) is 3.00. The minimum absolute atomic E-state index is 0.723. The summed E-state index contributed by atoms with van der Waals surface area (Å²) in [6.07, 6.45) is 1.95. The number of aryl methyl sites for hydroxylation is 1. The lowest BCUT2D eigenvalue weighted by Gasteiger charge is -2.24. The second-order valence-corrected chi connectivity index (χ2v) is 3.74. The van der Waals surface area contributed by atoms with Crippen LogP contribution in [0.15, 0.2) is 4.52 Å². The number of rotatable bonds is 4. The number of morpholine rings is 1. The fourth-order valence-corrected chi connectivity index (χ4v) is 1.63. The van der Waals surface area contributed by atoms with E-state index in [1.807, 2.05) is 0 Å². The van der Waals surface area contributed by atoms with Crippen molar-refractivity contribution in [2.45, 2.75) is 26.3 Å². The van der Waals surface area contributed by atoms with Gasteiger partial charge in [0.05, 0.1) is 19.8 Å². The Morgan fingerprint density at radius 3 is 2.87 bits per heavy atom. The fourth-order valence-electron chi connectivity index (χ4n) is 1.63. The van der Waals surface area contributed by atoms with Gasteiger partial charge in [-0.15, -0.1) is 0 Å². The summed E-state index contributed by atoms with van der Waals surface area (Å²) in [4.78, 5) is 6.60. The van der Waals surface area contributed by atoms with Crippen molar-refractivity contribution in [3.05, 3.63) is 11.7 Å². The molecule has 0 amide bonds. The predicted molar refractivity (Wildman–Crippen MR) is 54.4 cm³/mol. The molecule has 1 aromatic rings. The summed E-state index contributed by atoms with van der Waals surface area (Å²) >= 11 is 0. The van der Waals surface area contributed by atoms with Gasteiger partial charge in [0.1, 0.15) is 0 Å². The van der Waals surface area contributed by atoms with Gasteiger partial charge in [0.25, 0.3) is 0 Å². The lowest BCUT2D eigenvalue weighted by molar-refractivity contribution is 0.0297. The van der Waals surface area contributed by atoms with Crippen LogP contribution < -0.4 is 0 Å². The van der Waals surface area contributed by atoms with E-state index in [1.165, 1.54) is 0 Å². The average Bonchev–Trinajstić information content (AvgIpc) is 2.68. The fraction of sp³-hybridized carbons (Fsp3) is 0.800. The van der Waals surface area contributed by atoms with Gasteiger partial charge in [0.15, 0.2) is 5.82 Å². The van der Waals surface area contributed by atoms with E-state index in [2.05, 4.69) is 22.0 Å². The van der Waals surface area contributed by atoms with Crippen LogP contribution in [0.2, 0.25) is 0 Å². The maximum atomic E-state index is 5.27. The highest BCUT2D eigenvalue weighted by atomic mass is 16.5. The molecule has 84 valence electrons. The van der Waals surface area contributed by atoms with Crippen molar-refractivity contribution in [1.82, 2.24) is 15.0 Å². The van der Waals surface area contributed by atoms with Crippen LogP contribution in [0.1, 0.15) is 25.1 Å². The first-order valence-corrected chi connectivity index (χ1v) is 5.50. The Hall–Kier alpha value is -0.940. The van der Waals surface area contributed by atoms with E-state index in [0.717, 1.165) is 57.4 Å². The van der Waals surface area contributed by atoms with Crippen molar-refractivity contribution in [3.63, 3.8) is 0 Å². The topological polar surface area (TPSA) is 51.4 Å². The Morgan fingerprint density at radius 2 is 2.13 bits per heavy atom. The smallest absolute Gasteiger partial charge is 0.240 e. The van der Waals surface area contributed by atoms with E-state index in [4.69, 9.17) is 9.26 Å². The monoisotopic (exact) mass is 211 g/mol. The van der Waals surface area contributed by atoms with Gasteiger partial charge >= 0.3 is 0 Å². The van der Waals surface area contributed by atoms with Crippen LogP contribution >= 0.6 is 0 Å². The molecule has 1 fully saturated rings. The Morgan fingerprint density at radius 1 is 1.33 bits per heavy atom. The quantitative estimate of drug-likeness (QED) is 0.739. The molecule has 1 aliphatic heterocycles. The summed E-state index contributed by atoms with van der Waals surface area (Å²) in [6, 6.07) is 0. The third-order valence-corrected chi connectivity index (χ3v) is 2.45. The van der Waals surface area contributed by atoms with Crippen molar-refractivity contribution in [2.75, 3.05) is 26.3 Å². The highest BCUT2D eigenvalue weighted by Crippen LogP contribution is 2.06. The molecule has 1 aliphatic rings. The maximum Gasteiger partial charge on any atom is 0.240 e. The Balaban J connectivity index is 1.86. The van der Waals surface area contributed by atoms with Gasteiger partial charge in [0, 0.05) is 19.5 Å². The molecule has 0 spiro atoms. The molecule has 0 unspecified atom stereocenters. The van der Waals surface area contributed by atoms with E-state index in [-0.39, 0.29) is 0 Å². The average molecular weight is 211 g/mol. The molecular weight excluding hydrogens is 194 g/mol. The first-order chi connectivity index (χ1) is 7.38. The summed E-state index contributed by atoms with van der Waals surface area (Å²) in [6.45, 7) is 6.36. The molecule has 0 aromatic carbocycles. The van der Waals surface area contributed by atoms with Gasteiger partial charge in [-0.25, -0.2) is 0 Å². The number of aromatic nitrogens is 2. The first kappa shape index (κ1) is 10.6. The molecular formula is C10H17N3O2. The first-order valence-electron chi connectivity index (χ1n) is 5.50. The molecule has 0 atom stereocenters. The van der Waals surface area contributed by atoms with Crippen molar-refractivity contribution in [2.24, 2.45) is 0 Å². The molecule has 0 saturated carbocycles. The summed E-state index contributed by atoms with van der Waals surface area (Å²) < 4.78 is 10.4. The maximum absolute atomic E-state index is 5.27. The van der Waals surface area contributed by atoms with Crippen LogP contribution in [-0.2, 0) is 17.7 Å². The number of nitrogens with zero attached hydrogens (tertiary/aromatic N) is 3. The molecule has 1 saturated heterocycles. The zero-order chi connectivity index (χ0) is 10.5. The van der Waals surface area contributed by atoms with E-state index in [9.17, 15) is 0 Å². The molecule has 5 heteroatoms. The lowest BCUT2D eigenvalue weighted by Crippen LogP contribution is -2.35. The van der Waals surface area contributed by atoms with Crippen molar-refractivity contribution in [3.8, 4) is 0 Å². The number of hydrogen-bond acceptors (Lipinski definition) is 5. The van der Waals surface area contributed by atoms with Crippen molar-refractivity contribution >= 4 is 0 Å². The van der Waals surface area contributed by atoms with Crippen LogP contribution in [0, 0.1) is 0 Å². The molecule has 2 rings (SSSR count). The summed E-state index contributed by atoms with van der Waals surface area (Å²) in [5.74, 6) is 1.54. The second kappa shape index (κ2) is 5.23. The van der Waals surface area contributed by atoms with Gasteiger partial charge in [0.2, 0.25) is 5.89 Å². The van der Waals surface area contributed by atoms with Crippen LogP contribution in [0.3, 0.4) is 0 Å². The SMILES string of the molecule is CCCc1noc(CN2CCOCC2)n1. The van der Waals surface area contributed by atoms with Crippen LogP contribution in [0.4, 0.5) is 0 Å². The van der Waals surface area contributed by atoms with Crippen molar-refractivity contribution < 1.29 is 9.26 Å².